The van der Waals surface area contributed by atoms with Gasteiger partial charge in [0, 0.05) is 13.7 Å². The van der Waals surface area contributed by atoms with Crippen LogP contribution in [-0.4, -0.2) is 31.2 Å². The zero-order valence-electron chi connectivity index (χ0n) is 7.63. The number of thiocarbonyl (C=S) groups is 1. The molecule has 0 unspecified atom stereocenters. The van der Waals surface area contributed by atoms with Crippen molar-refractivity contribution in [1.82, 2.24) is 5.32 Å². The van der Waals surface area contributed by atoms with Crippen LogP contribution >= 0.6 is 12.2 Å². The monoisotopic (exact) mass is 202 g/mol. The van der Waals surface area contributed by atoms with Crippen molar-refractivity contribution in [2.24, 2.45) is 11.1 Å². The molecule has 0 saturated heterocycles. The van der Waals surface area contributed by atoms with Gasteiger partial charge in [0.15, 0.2) is 0 Å². The molecule has 0 spiro atoms. The van der Waals surface area contributed by atoms with E-state index >= 15 is 0 Å². The van der Waals surface area contributed by atoms with Crippen LogP contribution in [0.1, 0.15) is 12.8 Å². The third kappa shape index (κ3) is 2.16. The van der Waals surface area contributed by atoms with Crippen LogP contribution in [0.4, 0.5) is 0 Å². The summed E-state index contributed by atoms with van der Waals surface area (Å²) < 4.78 is 4.81. The summed E-state index contributed by atoms with van der Waals surface area (Å²) in [5.41, 5.74) is 4.94. The Balaban J connectivity index is 2.35. The van der Waals surface area contributed by atoms with E-state index in [0.29, 0.717) is 18.1 Å². The Morgan fingerprint density at radius 2 is 2.31 bits per heavy atom. The number of hydrogen-bond acceptors (Lipinski definition) is 3. The highest BCUT2D eigenvalue weighted by Gasteiger charge is 2.52. The second-order valence-electron chi connectivity index (χ2n) is 3.20. The molecular weight excluding hydrogens is 188 g/mol. The van der Waals surface area contributed by atoms with E-state index < -0.39 is 5.41 Å². The van der Waals surface area contributed by atoms with Crippen molar-refractivity contribution in [3.05, 3.63) is 0 Å². The van der Waals surface area contributed by atoms with E-state index in [1.165, 1.54) is 0 Å². The topological polar surface area (TPSA) is 64.3 Å². The Morgan fingerprint density at radius 1 is 1.69 bits per heavy atom. The lowest BCUT2D eigenvalue weighted by Gasteiger charge is -2.12. The van der Waals surface area contributed by atoms with E-state index in [0.717, 1.165) is 12.8 Å². The Labute approximate surface area is 82.8 Å². The molecule has 13 heavy (non-hydrogen) atoms. The van der Waals surface area contributed by atoms with Crippen LogP contribution < -0.4 is 11.1 Å². The minimum atomic E-state index is -0.539. The molecule has 0 aromatic carbocycles. The van der Waals surface area contributed by atoms with E-state index in [2.05, 4.69) is 5.32 Å². The van der Waals surface area contributed by atoms with Gasteiger partial charge in [-0.1, -0.05) is 12.2 Å². The van der Waals surface area contributed by atoms with Gasteiger partial charge in [-0.3, -0.25) is 4.79 Å². The Hall–Kier alpha value is -0.680. The van der Waals surface area contributed by atoms with E-state index in [4.69, 9.17) is 22.7 Å². The quantitative estimate of drug-likeness (QED) is 0.479. The number of amides is 1. The summed E-state index contributed by atoms with van der Waals surface area (Å²) in [4.78, 5) is 11.8. The molecule has 1 rings (SSSR count). The molecule has 0 aliphatic heterocycles. The van der Waals surface area contributed by atoms with Crippen LogP contribution in [0.3, 0.4) is 0 Å². The predicted octanol–water partition coefficient (Wildman–Crippen LogP) is -0.185. The number of nitrogens with two attached hydrogens (primary N) is 1. The first kappa shape index (κ1) is 10.4. The highest BCUT2D eigenvalue weighted by atomic mass is 32.1. The molecule has 3 N–H and O–H groups in total. The summed E-state index contributed by atoms with van der Waals surface area (Å²) >= 11 is 4.83. The fraction of sp³-hybridized carbons (Fsp3) is 0.750. The van der Waals surface area contributed by atoms with Gasteiger partial charge in [0.25, 0.3) is 0 Å². The van der Waals surface area contributed by atoms with Gasteiger partial charge in [-0.05, 0) is 12.8 Å². The largest absolute Gasteiger partial charge is 0.392 e. The Kier molecular flexibility index (Phi) is 3.22. The minimum Gasteiger partial charge on any atom is -0.392 e. The average Bonchev–Trinajstić information content (AvgIpc) is 2.84. The van der Waals surface area contributed by atoms with Gasteiger partial charge in [-0.2, -0.15) is 0 Å². The highest BCUT2D eigenvalue weighted by molar-refractivity contribution is 7.80. The van der Waals surface area contributed by atoms with Crippen molar-refractivity contribution in [2.45, 2.75) is 12.8 Å². The van der Waals surface area contributed by atoms with E-state index in [-0.39, 0.29) is 5.91 Å². The lowest BCUT2D eigenvalue weighted by atomic mass is 10.1. The maximum Gasteiger partial charge on any atom is 0.233 e. The van der Waals surface area contributed by atoms with Gasteiger partial charge in [0.2, 0.25) is 5.91 Å². The first-order valence-electron chi connectivity index (χ1n) is 4.20. The summed E-state index contributed by atoms with van der Waals surface area (Å²) in [5, 5.41) is 2.74. The highest BCUT2D eigenvalue weighted by Crippen LogP contribution is 2.46. The molecule has 5 heteroatoms. The predicted molar refractivity (Wildman–Crippen MR) is 53.3 cm³/mol. The Morgan fingerprint density at radius 3 is 2.69 bits per heavy atom. The number of carbonyl (C=O) groups is 1. The number of methoxy groups -OCH3 is 1. The molecule has 0 atom stereocenters. The molecule has 1 aliphatic rings. The summed E-state index contributed by atoms with van der Waals surface area (Å²) in [6.45, 7) is 1.03. The molecular formula is C8H14N2O2S. The first-order valence-corrected chi connectivity index (χ1v) is 4.61. The second-order valence-corrected chi connectivity index (χ2v) is 3.63. The number of hydrogen-bond donors (Lipinski definition) is 2. The Bertz CT molecular complexity index is 226. The average molecular weight is 202 g/mol. The van der Waals surface area contributed by atoms with Crippen LogP contribution in [0, 0.1) is 5.41 Å². The first-order chi connectivity index (χ1) is 6.13. The molecule has 0 heterocycles. The fourth-order valence-electron chi connectivity index (χ4n) is 1.15. The lowest BCUT2D eigenvalue weighted by Crippen LogP contribution is -2.40. The molecule has 4 nitrogen and oxygen atoms in total. The van der Waals surface area contributed by atoms with Crippen LogP contribution in [0.25, 0.3) is 0 Å². The number of nitrogens with one attached hydrogen (secondary N) is 1. The number of carbonyl (C=O) groups excluding carboxylic acids is 1. The maximum absolute atomic E-state index is 11.5. The summed E-state index contributed by atoms with van der Waals surface area (Å²) in [6.07, 6.45) is 1.56. The second kappa shape index (κ2) is 4.02. The normalized spacial score (nSPS) is 17.9. The summed E-state index contributed by atoms with van der Waals surface area (Å²) in [7, 11) is 1.59. The molecule has 0 radical (unpaired) electrons. The SMILES string of the molecule is COCCNC(=O)C1(C(N)=S)CC1. The third-order valence-corrected chi connectivity index (χ3v) is 2.64. The number of ether oxygens (including phenoxy) is 1. The zero-order chi connectivity index (χ0) is 9.90. The smallest absolute Gasteiger partial charge is 0.233 e. The fourth-order valence-corrected chi connectivity index (χ4v) is 1.44. The summed E-state index contributed by atoms with van der Waals surface area (Å²) in [5.74, 6) is -0.0583. The van der Waals surface area contributed by atoms with Gasteiger partial charge < -0.3 is 15.8 Å². The molecule has 1 amide bonds. The van der Waals surface area contributed by atoms with Gasteiger partial charge in [0.05, 0.1) is 17.0 Å². The van der Waals surface area contributed by atoms with E-state index in [1.807, 2.05) is 0 Å². The molecule has 0 aromatic heterocycles. The van der Waals surface area contributed by atoms with Gasteiger partial charge in [0.1, 0.15) is 0 Å². The van der Waals surface area contributed by atoms with Crippen LogP contribution in [0.2, 0.25) is 0 Å². The van der Waals surface area contributed by atoms with Gasteiger partial charge >= 0.3 is 0 Å². The van der Waals surface area contributed by atoms with Crippen LogP contribution in [0.15, 0.2) is 0 Å². The van der Waals surface area contributed by atoms with Crippen molar-refractivity contribution < 1.29 is 9.53 Å². The van der Waals surface area contributed by atoms with Gasteiger partial charge in [-0.15, -0.1) is 0 Å². The van der Waals surface area contributed by atoms with E-state index in [9.17, 15) is 4.79 Å². The maximum atomic E-state index is 11.5. The van der Waals surface area contributed by atoms with Crippen molar-refractivity contribution in [1.29, 1.82) is 0 Å². The zero-order valence-corrected chi connectivity index (χ0v) is 8.45. The number of rotatable bonds is 5. The van der Waals surface area contributed by atoms with Crippen molar-refractivity contribution in [3.8, 4) is 0 Å². The van der Waals surface area contributed by atoms with Crippen molar-refractivity contribution >= 4 is 23.1 Å². The molecule has 1 saturated carbocycles. The minimum absolute atomic E-state index is 0.0583. The van der Waals surface area contributed by atoms with Crippen molar-refractivity contribution in [2.75, 3.05) is 20.3 Å². The molecule has 0 aromatic rings. The van der Waals surface area contributed by atoms with Crippen LogP contribution in [0.5, 0.6) is 0 Å². The van der Waals surface area contributed by atoms with Crippen LogP contribution in [-0.2, 0) is 9.53 Å². The molecule has 74 valence electrons. The van der Waals surface area contributed by atoms with Gasteiger partial charge in [-0.25, -0.2) is 0 Å². The standard InChI is InChI=1S/C8H14N2O2S/c1-12-5-4-10-7(11)8(2-3-8)6(9)13/h2-5H2,1H3,(H2,9,13)(H,10,11). The molecule has 1 fully saturated rings. The van der Waals surface area contributed by atoms with E-state index in [1.54, 1.807) is 7.11 Å². The summed E-state index contributed by atoms with van der Waals surface area (Å²) in [6, 6.07) is 0. The molecule has 1 aliphatic carbocycles. The van der Waals surface area contributed by atoms with Crippen molar-refractivity contribution in [3.63, 3.8) is 0 Å². The lowest BCUT2D eigenvalue weighted by molar-refractivity contribution is -0.124. The molecule has 0 bridgehead atoms. The third-order valence-electron chi connectivity index (χ3n) is 2.25.